The predicted octanol–water partition coefficient (Wildman–Crippen LogP) is 3.57. The maximum atomic E-state index is 13.6. The van der Waals surface area contributed by atoms with E-state index in [-0.39, 0.29) is 11.3 Å². The van der Waals surface area contributed by atoms with Gasteiger partial charge in [-0.05, 0) is 40.2 Å². The highest BCUT2D eigenvalue weighted by molar-refractivity contribution is 9.10. The first kappa shape index (κ1) is 15.2. The summed E-state index contributed by atoms with van der Waals surface area (Å²) < 4.78 is 32.4. The van der Waals surface area contributed by atoms with Crippen molar-refractivity contribution in [3.8, 4) is 5.75 Å². The van der Waals surface area contributed by atoms with Crippen molar-refractivity contribution < 1.29 is 18.3 Å². The van der Waals surface area contributed by atoms with Crippen LogP contribution >= 0.6 is 15.9 Å². The minimum atomic E-state index is -0.980. The molecule has 0 saturated carbocycles. The Hall–Kier alpha value is -2.15. The van der Waals surface area contributed by atoms with E-state index in [9.17, 15) is 13.6 Å². The summed E-state index contributed by atoms with van der Waals surface area (Å²) in [7, 11) is 1.51. The standard InChI is InChI=1S/C14H11BrF2N2O2/c1-21-13-3-2-7(4-9(13)15)19-14(20)8-5-12(18)11(17)6-10(8)16/h2-6H,18H2,1H3,(H,19,20). The highest BCUT2D eigenvalue weighted by Gasteiger charge is 2.15. The molecule has 0 aliphatic carbocycles. The average Bonchev–Trinajstić information content (AvgIpc) is 2.43. The average molecular weight is 357 g/mol. The number of benzene rings is 2. The van der Waals surface area contributed by atoms with Gasteiger partial charge in [-0.3, -0.25) is 4.79 Å². The maximum Gasteiger partial charge on any atom is 0.258 e. The first-order valence-electron chi connectivity index (χ1n) is 5.81. The molecule has 0 radical (unpaired) electrons. The lowest BCUT2D eigenvalue weighted by atomic mass is 10.1. The lowest BCUT2D eigenvalue weighted by Crippen LogP contribution is -2.14. The number of halogens is 3. The Labute approximate surface area is 128 Å². The number of rotatable bonds is 3. The lowest BCUT2D eigenvalue weighted by Gasteiger charge is -2.09. The van der Waals surface area contributed by atoms with Crippen molar-refractivity contribution in [2.24, 2.45) is 0 Å². The molecule has 110 valence electrons. The molecule has 0 aromatic heterocycles. The second-order valence-electron chi connectivity index (χ2n) is 4.16. The maximum absolute atomic E-state index is 13.6. The summed E-state index contributed by atoms with van der Waals surface area (Å²) in [5, 5.41) is 2.50. The van der Waals surface area contributed by atoms with Crippen LogP contribution in [0.4, 0.5) is 20.2 Å². The third-order valence-corrected chi connectivity index (χ3v) is 3.36. The number of methoxy groups -OCH3 is 1. The molecule has 0 atom stereocenters. The Kier molecular flexibility index (Phi) is 4.42. The Morgan fingerprint density at radius 2 is 1.95 bits per heavy atom. The molecule has 0 spiro atoms. The smallest absolute Gasteiger partial charge is 0.258 e. The summed E-state index contributed by atoms with van der Waals surface area (Å²) >= 11 is 3.27. The van der Waals surface area contributed by atoms with Crippen molar-refractivity contribution in [1.82, 2.24) is 0 Å². The van der Waals surface area contributed by atoms with Gasteiger partial charge in [0.05, 0.1) is 22.8 Å². The van der Waals surface area contributed by atoms with Crippen molar-refractivity contribution >= 4 is 33.2 Å². The number of nitrogens with one attached hydrogen (secondary N) is 1. The summed E-state index contributed by atoms with van der Waals surface area (Å²) in [4.78, 5) is 12.0. The molecule has 0 fully saturated rings. The van der Waals surface area contributed by atoms with Crippen LogP contribution in [-0.4, -0.2) is 13.0 Å². The van der Waals surface area contributed by atoms with E-state index >= 15 is 0 Å². The van der Waals surface area contributed by atoms with Crippen LogP contribution in [0.15, 0.2) is 34.8 Å². The van der Waals surface area contributed by atoms with Crippen molar-refractivity contribution in [1.29, 1.82) is 0 Å². The molecule has 7 heteroatoms. The monoisotopic (exact) mass is 356 g/mol. The van der Waals surface area contributed by atoms with E-state index in [1.165, 1.54) is 7.11 Å². The van der Waals surface area contributed by atoms with Crippen LogP contribution in [-0.2, 0) is 0 Å². The van der Waals surface area contributed by atoms with Crippen molar-refractivity contribution in [2.75, 3.05) is 18.2 Å². The Bertz CT molecular complexity index is 708. The summed E-state index contributed by atoms with van der Waals surface area (Å²) in [6.07, 6.45) is 0. The molecule has 0 bridgehead atoms. The Balaban J connectivity index is 2.26. The van der Waals surface area contributed by atoms with Gasteiger partial charge in [0.25, 0.3) is 5.91 Å². The third kappa shape index (κ3) is 3.30. The van der Waals surface area contributed by atoms with Gasteiger partial charge in [-0.15, -0.1) is 0 Å². The fourth-order valence-electron chi connectivity index (χ4n) is 1.68. The molecule has 2 aromatic rings. The van der Waals surface area contributed by atoms with Gasteiger partial charge >= 0.3 is 0 Å². The van der Waals surface area contributed by atoms with E-state index in [1.54, 1.807) is 18.2 Å². The topological polar surface area (TPSA) is 64.3 Å². The molecule has 0 unspecified atom stereocenters. The molecule has 0 saturated heterocycles. The summed E-state index contributed by atoms with van der Waals surface area (Å²) in [5.41, 5.74) is 5.14. The quantitative estimate of drug-likeness (QED) is 0.826. The fourth-order valence-corrected chi connectivity index (χ4v) is 2.22. The van der Waals surface area contributed by atoms with E-state index in [4.69, 9.17) is 10.5 Å². The van der Waals surface area contributed by atoms with Gasteiger partial charge in [0.2, 0.25) is 0 Å². The third-order valence-electron chi connectivity index (χ3n) is 2.74. The van der Waals surface area contributed by atoms with E-state index in [2.05, 4.69) is 21.2 Å². The number of carbonyl (C=O) groups is 1. The van der Waals surface area contributed by atoms with Gasteiger partial charge in [-0.25, -0.2) is 8.78 Å². The molecular weight excluding hydrogens is 346 g/mol. The van der Waals surface area contributed by atoms with E-state index in [1.807, 2.05) is 0 Å². The number of hydrogen-bond donors (Lipinski definition) is 2. The lowest BCUT2D eigenvalue weighted by molar-refractivity contribution is 0.102. The highest BCUT2D eigenvalue weighted by atomic mass is 79.9. The summed E-state index contributed by atoms with van der Waals surface area (Å²) in [5.74, 6) is -2.02. The zero-order chi connectivity index (χ0) is 15.6. The van der Waals surface area contributed by atoms with E-state index in [0.717, 1.165) is 6.07 Å². The second-order valence-corrected chi connectivity index (χ2v) is 5.01. The predicted molar refractivity (Wildman–Crippen MR) is 79.4 cm³/mol. The fraction of sp³-hybridized carbons (Fsp3) is 0.0714. The van der Waals surface area contributed by atoms with Crippen molar-refractivity contribution in [2.45, 2.75) is 0 Å². The van der Waals surface area contributed by atoms with Crippen LogP contribution in [0.3, 0.4) is 0 Å². The molecule has 0 aliphatic heterocycles. The van der Waals surface area contributed by atoms with E-state index in [0.29, 0.717) is 22.0 Å². The van der Waals surface area contributed by atoms with Gasteiger partial charge in [0.1, 0.15) is 17.4 Å². The number of nitrogens with two attached hydrogens (primary N) is 1. The minimum absolute atomic E-state index is 0.294. The summed E-state index contributed by atoms with van der Waals surface area (Å²) in [6.45, 7) is 0. The molecule has 0 heterocycles. The van der Waals surface area contributed by atoms with Crippen LogP contribution in [0.1, 0.15) is 10.4 Å². The zero-order valence-corrected chi connectivity index (χ0v) is 12.5. The molecule has 21 heavy (non-hydrogen) atoms. The van der Waals surface area contributed by atoms with Crippen molar-refractivity contribution in [3.63, 3.8) is 0 Å². The summed E-state index contributed by atoms with van der Waals surface area (Å²) in [6, 6.07) is 6.36. The first-order valence-corrected chi connectivity index (χ1v) is 6.61. The van der Waals surface area contributed by atoms with Crippen LogP contribution < -0.4 is 15.8 Å². The SMILES string of the molecule is COc1ccc(NC(=O)c2cc(N)c(F)cc2F)cc1Br. The minimum Gasteiger partial charge on any atom is -0.496 e. The molecule has 0 aliphatic rings. The van der Waals surface area contributed by atoms with Crippen LogP contribution in [0, 0.1) is 11.6 Å². The zero-order valence-electron chi connectivity index (χ0n) is 10.9. The number of anilines is 2. The highest BCUT2D eigenvalue weighted by Crippen LogP contribution is 2.28. The first-order chi connectivity index (χ1) is 9.92. The van der Waals surface area contributed by atoms with Crippen LogP contribution in [0.5, 0.6) is 5.75 Å². The number of carbonyl (C=O) groups excluding carboxylic acids is 1. The second kappa shape index (κ2) is 6.09. The molecule has 4 nitrogen and oxygen atoms in total. The Morgan fingerprint density at radius 3 is 2.57 bits per heavy atom. The van der Waals surface area contributed by atoms with Gasteiger partial charge in [0, 0.05) is 11.8 Å². The van der Waals surface area contributed by atoms with Crippen LogP contribution in [0.25, 0.3) is 0 Å². The van der Waals surface area contributed by atoms with Gasteiger partial charge < -0.3 is 15.8 Å². The molecule has 2 aromatic carbocycles. The molecule has 2 rings (SSSR count). The van der Waals surface area contributed by atoms with Gasteiger partial charge in [-0.2, -0.15) is 0 Å². The largest absolute Gasteiger partial charge is 0.496 e. The normalized spacial score (nSPS) is 10.3. The van der Waals surface area contributed by atoms with Crippen LogP contribution in [0.2, 0.25) is 0 Å². The number of amides is 1. The number of hydrogen-bond acceptors (Lipinski definition) is 3. The van der Waals surface area contributed by atoms with E-state index < -0.39 is 17.5 Å². The molecular formula is C14H11BrF2N2O2. The molecule has 1 amide bonds. The number of nitrogen functional groups attached to an aromatic ring is 1. The number of ether oxygens (including phenoxy) is 1. The van der Waals surface area contributed by atoms with Gasteiger partial charge in [-0.1, -0.05) is 0 Å². The van der Waals surface area contributed by atoms with Crippen molar-refractivity contribution in [3.05, 3.63) is 52.0 Å². The van der Waals surface area contributed by atoms with Gasteiger partial charge in [0.15, 0.2) is 0 Å². The Morgan fingerprint density at radius 1 is 1.24 bits per heavy atom. The molecule has 3 N–H and O–H groups in total.